The van der Waals surface area contributed by atoms with Crippen molar-refractivity contribution in [2.75, 3.05) is 57.7 Å². The highest BCUT2D eigenvalue weighted by molar-refractivity contribution is 5.91. The van der Waals surface area contributed by atoms with Crippen LogP contribution in [0.4, 0.5) is 10.5 Å². The predicted octanol–water partition coefficient (Wildman–Crippen LogP) is 5.32. The third-order valence-corrected chi connectivity index (χ3v) is 8.72. The van der Waals surface area contributed by atoms with Crippen LogP contribution in [0.15, 0.2) is 54.6 Å². The van der Waals surface area contributed by atoms with Gasteiger partial charge < -0.3 is 25.2 Å². The van der Waals surface area contributed by atoms with E-state index in [9.17, 15) is 14.4 Å². The van der Waals surface area contributed by atoms with Crippen LogP contribution >= 0.6 is 0 Å². The van der Waals surface area contributed by atoms with Gasteiger partial charge in [-0.1, -0.05) is 55.0 Å². The molecule has 2 amide bonds. The van der Waals surface area contributed by atoms with E-state index in [0.717, 1.165) is 108 Å². The number of ether oxygens (including phenoxy) is 1. The predicted molar refractivity (Wildman–Crippen MR) is 180 cm³/mol. The number of nitrogens with one attached hydrogen (secondary N) is 3. The molecule has 2 aromatic rings. The fourth-order valence-corrected chi connectivity index (χ4v) is 6.27. The van der Waals surface area contributed by atoms with Gasteiger partial charge in [0.05, 0.1) is 18.2 Å². The second-order valence-corrected chi connectivity index (χ2v) is 12.8. The number of hydrogen-bond acceptors (Lipinski definition) is 7. The molecular weight excluding hydrogens is 566 g/mol. The van der Waals surface area contributed by atoms with Gasteiger partial charge in [0, 0.05) is 50.7 Å². The van der Waals surface area contributed by atoms with E-state index in [1.807, 2.05) is 68.4 Å². The van der Waals surface area contributed by atoms with E-state index in [2.05, 4.69) is 25.8 Å². The number of benzene rings is 2. The van der Waals surface area contributed by atoms with Crippen molar-refractivity contribution in [3.63, 3.8) is 0 Å². The van der Waals surface area contributed by atoms with Crippen molar-refractivity contribution in [2.45, 2.75) is 77.4 Å². The first-order valence-electron chi connectivity index (χ1n) is 17.0. The summed E-state index contributed by atoms with van der Waals surface area (Å²) in [6.45, 7) is 10.8. The van der Waals surface area contributed by atoms with Crippen LogP contribution < -0.4 is 16.0 Å². The summed E-state index contributed by atoms with van der Waals surface area (Å²) < 4.78 is 5.75. The maximum absolute atomic E-state index is 12.7. The van der Waals surface area contributed by atoms with Crippen molar-refractivity contribution in [1.29, 1.82) is 0 Å². The van der Waals surface area contributed by atoms with Crippen LogP contribution in [0.3, 0.4) is 0 Å². The average Bonchev–Trinajstić information content (AvgIpc) is 3.04. The number of carbonyl (C=O) groups excluding carboxylic acids is 3. The van der Waals surface area contributed by atoms with E-state index < -0.39 is 6.09 Å². The molecule has 3 N–H and O–H groups in total. The Morgan fingerprint density at radius 3 is 2.40 bits per heavy atom. The van der Waals surface area contributed by atoms with Crippen molar-refractivity contribution in [1.82, 2.24) is 20.4 Å². The van der Waals surface area contributed by atoms with Crippen LogP contribution in [-0.4, -0.2) is 92.1 Å². The van der Waals surface area contributed by atoms with Crippen LogP contribution in [0.25, 0.3) is 11.1 Å². The Balaban J connectivity index is 1.01. The third-order valence-electron chi connectivity index (χ3n) is 8.72. The fraction of sp³-hybridized carbons (Fsp3) is 0.583. The van der Waals surface area contributed by atoms with E-state index in [4.69, 9.17) is 4.74 Å². The number of hydrogen-bond donors (Lipinski definition) is 3. The van der Waals surface area contributed by atoms with Crippen molar-refractivity contribution in [3.05, 3.63) is 54.6 Å². The normalized spacial score (nSPS) is 18.1. The van der Waals surface area contributed by atoms with Gasteiger partial charge >= 0.3 is 6.09 Å². The molecule has 0 aliphatic carbocycles. The fourth-order valence-electron chi connectivity index (χ4n) is 6.27. The summed E-state index contributed by atoms with van der Waals surface area (Å²) in [4.78, 5) is 42.1. The third kappa shape index (κ3) is 12.2. The van der Waals surface area contributed by atoms with Gasteiger partial charge in [-0.2, -0.15) is 0 Å². The lowest BCUT2D eigenvalue weighted by Crippen LogP contribution is -2.44. The SMILES string of the molecule is CC(C)NC(=O)[C@@H]1CCCN(CCCCCC(=O)CNCCN2CCC(OC(=O)Nc3ccccc3-c3ccccc3)CC2)C1. The number of nitrogens with zero attached hydrogens (tertiary/aromatic N) is 2. The zero-order valence-corrected chi connectivity index (χ0v) is 27.3. The van der Waals surface area contributed by atoms with Crippen molar-refractivity contribution < 1.29 is 19.1 Å². The van der Waals surface area contributed by atoms with Gasteiger partial charge in [0.1, 0.15) is 11.9 Å². The summed E-state index contributed by atoms with van der Waals surface area (Å²) in [5, 5.41) is 9.30. The monoisotopic (exact) mass is 619 g/mol. The lowest BCUT2D eigenvalue weighted by Gasteiger charge is -2.32. The molecule has 9 nitrogen and oxygen atoms in total. The summed E-state index contributed by atoms with van der Waals surface area (Å²) in [5.41, 5.74) is 2.75. The number of ketones is 1. The van der Waals surface area contributed by atoms with Gasteiger partial charge in [-0.05, 0) is 77.1 Å². The quantitative estimate of drug-likeness (QED) is 0.219. The lowest BCUT2D eigenvalue weighted by molar-refractivity contribution is -0.127. The highest BCUT2D eigenvalue weighted by Gasteiger charge is 2.26. The number of likely N-dealkylation sites (tertiary alicyclic amines) is 2. The molecule has 1 atom stereocenters. The largest absolute Gasteiger partial charge is 0.446 e. The molecule has 2 aromatic carbocycles. The van der Waals surface area contributed by atoms with Gasteiger partial charge in [-0.15, -0.1) is 0 Å². The van der Waals surface area contributed by atoms with Gasteiger partial charge in [0.2, 0.25) is 5.91 Å². The number of amides is 2. The smallest absolute Gasteiger partial charge is 0.411 e. The molecule has 45 heavy (non-hydrogen) atoms. The summed E-state index contributed by atoms with van der Waals surface area (Å²) >= 11 is 0. The number of carbonyl (C=O) groups is 3. The molecule has 246 valence electrons. The van der Waals surface area contributed by atoms with Crippen LogP contribution in [0.1, 0.15) is 65.2 Å². The number of piperidine rings is 2. The molecule has 0 spiro atoms. The Morgan fingerprint density at radius 2 is 1.62 bits per heavy atom. The van der Waals surface area contributed by atoms with Crippen LogP contribution in [0.5, 0.6) is 0 Å². The van der Waals surface area contributed by atoms with Crippen LogP contribution in [0, 0.1) is 5.92 Å². The Hall–Kier alpha value is -3.27. The maximum atomic E-state index is 12.7. The van der Waals surface area contributed by atoms with E-state index in [0.29, 0.717) is 13.0 Å². The summed E-state index contributed by atoms with van der Waals surface area (Å²) in [5.74, 6) is 0.562. The molecular formula is C36H53N5O4. The molecule has 0 bridgehead atoms. The molecule has 2 aliphatic heterocycles. The van der Waals surface area contributed by atoms with E-state index >= 15 is 0 Å². The molecule has 2 aliphatic rings. The summed E-state index contributed by atoms with van der Waals surface area (Å²) in [6, 6.07) is 17.9. The molecule has 2 heterocycles. The molecule has 0 radical (unpaired) electrons. The van der Waals surface area contributed by atoms with Crippen LogP contribution in [0.2, 0.25) is 0 Å². The molecule has 0 saturated carbocycles. The number of rotatable bonds is 16. The van der Waals surface area contributed by atoms with Gasteiger partial charge in [-0.3, -0.25) is 14.9 Å². The van der Waals surface area contributed by atoms with Crippen LogP contribution in [-0.2, 0) is 14.3 Å². The van der Waals surface area contributed by atoms with Gasteiger partial charge in [0.15, 0.2) is 0 Å². The first-order valence-corrected chi connectivity index (χ1v) is 17.0. The topological polar surface area (TPSA) is 103 Å². The Kier molecular flexibility index (Phi) is 14.3. The average molecular weight is 620 g/mol. The summed E-state index contributed by atoms with van der Waals surface area (Å²) in [7, 11) is 0. The zero-order valence-electron chi connectivity index (χ0n) is 27.3. The second kappa shape index (κ2) is 18.6. The number of unbranched alkanes of at least 4 members (excludes halogenated alkanes) is 2. The first kappa shape index (κ1) is 34.6. The van der Waals surface area contributed by atoms with E-state index in [1.165, 1.54) is 0 Å². The maximum Gasteiger partial charge on any atom is 0.411 e. The molecule has 4 rings (SSSR count). The van der Waals surface area contributed by atoms with Crippen molar-refractivity contribution >= 4 is 23.5 Å². The van der Waals surface area contributed by atoms with Gasteiger partial charge in [0.25, 0.3) is 0 Å². The lowest BCUT2D eigenvalue weighted by atomic mass is 9.96. The van der Waals surface area contributed by atoms with Crippen molar-refractivity contribution in [3.8, 4) is 11.1 Å². The highest BCUT2D eigenvalue weighted by Crippen LogP contribution is 2.28. The molecule has 2 fully saturated rings. The minimum Gasteiger partial charge on any atom is -0.446 e. The number of anilines is 1. The molecule has 0 unspecified atom stereocenters. The van der Waals surface area contributed by atoms with Gasteiger partial charge in [-0.25, -0.2) is 4.79 Å². The Labute approximate surface area is 269 Å². The molecule has 0 aromatic heterocycles. The summed E-state index contributed by atoms with van der Waals surface area (Å²) in [6.07, 6.45) is 6.80. The molecule has 2 saturated heterocycles. The van der Waals surface area contributed by atoms with Crippen molar-refractivity contribution in [2.24, 2.45) is 5.92 Å². The Bertz CT molecular complexity index is 1200. The molecule has 9 heteroatoms. The Morgan fingerprint density at radius 1 is 0.867 bits per heavy atom. The standard InChI is InChI=1S/C36H53N5O4/c1-28(2)38-35(43)30-14-11-22-41(27-30)21-10-4-7-15-31(42)26-37-20-25-40-23-18-32(19-24-40)45-36(44)39-34-17-9-8-16-33(34)29-12-5-3-6-13-29/h3,5-6,8-9,12-13,16-17,28,30,32,37H,4,7,10-11,14-15,18-27H2,1-2H3,(H,38,43)(H,39,44)/t30-/m1/s1. The van der Waals surface area contributed by atoms with E-state index in [-0.39, 0.29) is 29.8 Å². The first-order chi connectivity index (χ1) is 21.9. The zero-order chi connectivity index (χ0) is 31.9. The van der Waals surface area contributed by atoms with E-state index in [1.54, 1.807) is 0 Å². The minimum atomic E-state index is -0.414. The number of Topliss-reactive ketones (excluding diaryl/α,β-unsaturated/α-hetero) is 1. The number of para-hydroxylation sites is 1. The second-order valence-electron chi connectivity index (χ2n) is 12.8. The highest BCUT2D eigenvalue weighted by atomic mass is 16.6. The minimum absolute atomic E-state index is 0.0969.